The van der Waals surface area contributed by atoms with Crippen LogP contribution in [-0.4, -0.2) is 41.2 Å². The Morgan fingerprint density at radius 1 is 1.20 bits per heavy atom. The summed E-state index contributed by atoms with van der Waals surface area (Å²) in [5, 5.41) is 0.547. The van der Waals surface area contributed by atoms with E-state index in [0.717, 1.165) is 33.5 Å². The Kier molecular flexibility index (Phi) is 6.91. The molecule has 0 radical (unpaired) electrons. The normalized spacial score (nSPS) is 16.7. The standard InChI is InChI=1S/C24H23ClN4O3S3/c1-2-16-7-8-18-20(13-16)33-24(27-18)28(15-17-5-3-11-26-14-17)23(30)19-6-4-12-29(19)35(31,32)22-10-9-21(25)34-22/h3,5,7-11,13-14,19H,2,4,6,12,15H2,1H3. The molecule has 0 N–H and O–H groups in total. The summed E-state index contributed by atoms with van der Waals surface area (Å²) in [7, 11) is -3.84. The second-order valence-corrected chi connectivity index (χ2v) is 13.1. The van der Waals surface area contributed by atoms with Crippen molar-refractivity contribution in [2.75, 3.05) is 11.4 Å². The maximum absolute atomic E-state index is 14.0. The third-order valence-corrected chi connectivity index (χ3v) is 10.7. The Morgan fingerprint density at radius 3 is 2.77 bits per heavy atom. The molecular formula is C24H23ClN4O3S3. The molecule has 3 aromatic heterocycles. The van der Waals surface area contributed by atoms with Crippen molar-refractivity contribution < 1.29 is 13.2 Å². The highest BCUT2D eigenvalue weighted by molar-refractivity contribution is 7.91. The Labute approximate surface area is 217 Å². The number of carbonyl (C=O) groups excluding carboxylic acids is 1. The van der Waals surface area contributed by atoms with Crippen LogP contribution < -0.4 is 4.90 Å². The number of benzene rings is 1. The molecule has 1 amide bonds. The summed E-state index contributed by atoms with van der Waals surface area (Å²) in [4.78, 5) is 24.5. The van der Waals surface area contributed by atoms with Crippen molar-refractivity contribution in [1.82, 2.24) is 14.3 Å². The molecular weight excluding hydrogens is 524 g/mol. The molecule has 5 rings (SSSR count). The highest BCUT2D eigenvalue weighted by Gasteiger charge is 2.42. The number of aromatic nitrogens is 2. The first kappa shape index (κ1) is 24.3. The number of aryl methyl sites for hydroxylation is 1. The van der Waals surface area contributed by atoms with Gasteiger partial charge in [0.15, 0.2) is 5.13 Å². The van der Waals surface area contributed by atoms with E-state index in [1.807, 2.05) is 24.3 Å². The molecule has 4 aromatic rings. The predicted octanol–water partition coefficient (Wildman–Crippen LogP) is 5.36. The first-order valence-corrected chi connectivity index (χ1v) is 14.7. The Morgan fingerprint density at radius 2 is 2.06 bits per heavy atom. The summed E-state index contributed by atoms with van der Waals surface area (Å²) in [5.41, 5.74) is 2.85. The average Bonchev–Trinajstić information content (AvgIpc) is 3.61. The molecule has 7 nitrogen and oxygen atoms in total. The SMILES string of the molecule is CCc1ccc2nc(N(Cc3cccnc3)C(=O)C3CCCN3S(=O)(=O)c3ccc(Cl)s3)sc2c1. The number of rotatable bonds is 7. The number of pyridine rings is 1. The lowest BCUT2D eigenvalue weighted by atomic mass is 10.2. The number of carbonyl (C=O) groups is 1. The molecule has 1 atom stereocenters. The van der Waals surface area contributed by atoms with Crippen molar-refractivity contribution in [2.24, 2.45) is 0 Å². The third-order valence-electron chi connectivity index (χ3n) is 6.01. The smallest absolute Gasteiger partial charge is 0.253 e. The molecule has 0 bridgehead atoms. The number of thiazole rings is 1. The van der Waals surface area contributed by atoms with Gasteiger partial charge < -0.3 is 0 Å². The first-order valence-electron chi connectivity index (χ1n) is 11.2. The number of anilines is 1. The van der Waals surface area contributed by atoms with Gasteiger partial charge in [0.1, 0.15) is 10.3 Å². The number of hydrogen-bond donors (Lipinski definition) is 0. The first-order chi connectivity index (χ1) is 16.9. The molecule has 4 heterocycles. The van der Waals surface area contributed by atoms with Crippen LogP contribution >= 0.6 is 34.3 Å². The van der Waals surface area contributed by atoms with Gasteiger partial charge >= 0.3 is 0 Å². The van der Waals surface area contributed by atoms with E-state index in [9.17, 15) is 13.2 Å². The van der Waals surface area contributed by atoms with E-state index in [4.69, 9.17) is 16.6 Å². The summed E-state index contributed by atoms with van der Waals surface area (Å²) >= 11 is 8.44. The van der Waals surface area contributed by atoms with Gasteiger partial charge in [-0.05, 0) is 60.7 Å². The second-order valence-electron chi connectivity index (χ2n) is 8.27. The monoisotopic (exact) mass is 546 g/mol. The molecule has 35 heavy (non-hydrogen) atoms. The Bertz CT molecular complexity index is 1470. The van der Waals surface area contributed by atoms with Gasteiger partial charge in [-0.1, -0.05) is 42.0 Å². The van der Waals surface area contributed by atoms with Gasteiger partial charge in [0.25, 0.3) is 10.0 Å². The maximum Gasteiger partial charge on any atom is 0.253 e. The number of nitrogens with zero attached hydrogens (tertiary/aromatic N) is 4. The molecule has 0 spiro atoms. The quantitative estimate of drug-likeness (QED) is 0.312. The van der Waals surface area contributed by atoms with Crippen LogP contribution in [0.25, 0.3) is 10.2 Å². The van der Waals surface area contributed by atoms with Crippen LogP contribution in [0, 0.1) is 0 Å². The molecule has 0 aliphatic carbocycles. The van der Waals surface area contributed by atoms with E-state index in [-0.39, 0.29) is 23.2 Å². The van der Waals surface area contributed by atoms with Gasteiger partial charge in [-0.3, -0.25) is 14.7 Å². The van der Waals surface area contributed by atoms with Crippen LogP contribution in [0.3, 0.4) is 0 Å². The lowest BCUT2D eigenvalue weighted by molar-refractivity contribution is -0.121. The summed E-state index contributed by atoms with van der Waals surface area (Å²) in [6.45, 7) is 2.63. The van der Waals surface area contributed by atoms with Crippen molar-refractivity contribution >= 4 is 65.6 Å². The largest absolute Gasteiger partial charge is 0.282 e. The van der Waals surface area contributed by atoms with Crippen LogP contribution in [0.15, 0.2) is 59.1 Å². The van der Waals surface area contributed by atoms with E-state index in [2.05, 4.69) is 18.0 Å². The Hall–Kier alpha value is -2.37. The van der Waals surface area contributed by atoms with Gasteiger partial charge in [0.2, 0.25) is 5.91 Å². The van der Waals surface area contributed by atoms with E-state index >= 15 is 0 Å². The summed E-state index contributed by atoms with van der Waals surface area (Å²) in [6, 6.07) is 12.1. The van der Waals surface area contributed by atoms with Crippen molar-refractivity contribution in [1.29, 1.82) is 0 Å². The highest BCUT2D eigenvalue weighted by atomic mass is 35.5. The zero-order valence-corrected chi connectivity index (χ0v) is 22.1. The molecule has 1 saturated heterocycles. The van der Waals surface area contributed by atoms with E-state index in [1.54, 1.807) is 23.4 Å². The third kappa shape index (κ3) is 4.85. The zero-order valence-electron chi connectivity index (χ0n) is 18.9. The Balaban J connectivity index is 1.52. The van der Waals surface area contributed by atoms with Crippen LogP contribution in [0.2, 0.25) is 4.34 Å². The van der Waals surface area contributed by atoms with Gasteiger partial charge in [-0.2, -0.15) is 4.31 Å². The van der Waals surface area contributed by atoms with E-state index in [1.165, 1.54) is 27.3 Å². The molecule has 0 saturated carbocycles. The van der Waals surface area contributed by atoms with Crippen LogP contribution in [-0.2, 0) is 27.8 Å². The van der Waals surface area contributed by atoms with Gasteiger partial charge in [-0.15, -0.1) is 11.3 Å². The molecule has 1 aromatic carbocycles. The highest BCUT2D eigenvalue weighted by Crippen LogP contribution is 2.35. The van der Waals surface area contributed by atoms with E-state index < -0.39 is 16.1 Å². The summed E-state index contributed by atoms with van der Waals surface area (Å²) < 4.78 is 29.6. The number of halogens is 1. The number of sulfonamides is 1. The number of amides is 1. The predicted molar refractivity (Wildman–Crippen MR) is 141 cm³/mol. The summed E-state index contributed by atoms with van der Waals surface area (Å²) in [5.74, 6) is -0.285. The molecule has 11 heteroatoms. The van der Waals surface area contributed by atoms with E-state index in [0.29, 0.717) is 22.3 Å². The molecule has 1 aliphatic rings. The lowest BCUT2D eigenvalue weighted by Crippen LogP contribution is -2.47. The van der Waals surface area contributed by atoms with Gasteiger partial charge in [0, 0.05) is 18.9 Å². The molecule has 1 aliphatic heterocycles. The van der Waals surface area contributed by atoms with Crippen LogP contribution in [0.1, 0.15) is 30.9 Å². The van der Waals surface area contributed by atoms with Gasteiger partial charge in [-0.25, -0.2) is 13.4 Å². The fraction of sp³-hybridized carbons (Fsp3) is 0.292. The number of hydrogen-bond acceptors (Lipinski definition) is 7. The average molecular weight is 547 g/mol. The molecule has 182 valence electrons. The zero-order chi connectivity index (χ0) is 24.6. The minimum atomic E-state index is -3.84. The minimum absolute atomic E-state index is 0.146. The van der Waals surface area contributed by atoms with Crippen molar-refractivity contribution in [2.45, 2.75) is 43.0 Å². The van der Waals surface area contributed by atoms with Gasteiger partial charge in [0.05, 0.1) is 21.1 Å². The van der Waals surface area contributed by atoms with Crippen molar-refractivity contribution in [3.63, 3.8) is 0 Å². The van der Waals surface area contributed by atoms with Crippen molar-refractivity contribution in [3.8, 4) is 0 Å². The number of thiophene rings is 1. The fourth-order valence-electron chi connectivity index (χ4n) is 4.21. The minimum Gasteiger partial charge on any atom is -0.282 e. The van der Waals surface area contributed by atoms with Crippen LogP contribution in [0.5, 0.6) is 0 Å². The van der Waals surface area contributed by atoms with Crippen LogP contribution in [0.4, 0.5) is 5.13 Å². The topological polar surface area (TPSA) is 83.5 Å². The summed E-state index contributed by atoms with van der Waals surface area (Å²) in [6.07, 6.45) is 5.35. The van der Waals surface area contributed by atoms with Crippen molar-refractivity contribution in [3.05, 3.63) is 70.3 Å². The second kappa shape index (κ2) is 9.94. The maximum atomic E-state index is 14.0. The molecule has 1 fully saturated rings. The fourth-order valence-corrected chi connectivity index (χ4v) is 8.51. The lowest BCUT2D eigenvalue weighted by Gasteiger charge is -2.28. The number of fused-ring (bicyclic) bond motifs is 1. The molecule has 1 unspecified atom stereocenters.